The Morgan fingerprint density at radius 1 is 1.29 bits per heavy atom. The number of hydrogen-bond acceptors (Lipinski definition) is 6. The van der Waals surface area contributed by atoms with Gasteiger partial charge in [-0.3, -0.25) is 0 Å². The number of anilines is 1. The first-order chi connectivity index (χ1) is 10.1. The molecule has 0 radical (unpaired) electrons. The van der Waals surface area contributed by atoms with Crippen LogP contribution < -0.4 is 10.1 Å². The SMILES string of the molecule is CCNc1nc(-c2cc(OC)ncn2)nc(C(C)C)c1Br. The van der Waals surface area contributed by atoms with Crippen LogP contribution in [-0.4, -0.2) is 33.6 Å². The summed E-state index contributed by atoms with van der Waals surface area (Å²) in [6, 6.07) is 1.73. The van der Waals surface area contributed by atoms with Crippen LogP contribution in [0.1, 0.15) is 32.4 Å². The highest BCUT2D eigenvalue weighted by Gasteiger charge is 2.16. The Morgan fingerprint density at radius 2 is 2.05 bits per heavy atom. The molecule has 0 aliphatic rings. The van der Waals surface area contributed by atoms with E-state index in [1.165, 1.54) is 6.33 Å². The fraction of sp³-hybridized carbons (Fsp3) is 0.429. The zero-order chi connectivity index (χ0) is 15.4. The number of halogens is 1. The first-order valence-corrected chi connectivity index (χ1v) is 7.53. The number of nitrogens with zero attached hydrogens (tertiary/aromatic N) is 4. The maximum absolute atomic E-state index is 5.12. The number of ether oxygens (including phenoxy) is 1. The zero-order valence-electron chi connectivity index (χ0n) is 12.5. The Kier molecular flexibility index (Phi) is 5.06. The van der Waals surface area contributed by atoms with Crippen LogP contribution in [0.5, 0.6) is 5.88 Å². The van der Waals surface area contributed by atoms with Gasteiger partial charge in [0.05, 0.1) is 17.3 Å². The lowest BCUT2D eigenvalue weighted by atomic mass is 10.1. The van der Waals surface area contributed by atoms with Crippen LogP contribution in [0.3, 0.4) is 0 Å². The molecule has 112 valence electrons. The third-order valence-corrected chi connectivity index (χ3v) is 3.63. The maximum Gasteiger partial charge on any atom is 0.216 e. The molecule has 0 amide bonds. The molecular weight excluding hydrogens is 334 g/mol. The second-order valence-corrected chi connectivity index (χ2v) is 5.52. The number of aromatic nitrogens is 4. The summed E-state index contributed by atoms with van der Waals surface area (Å²) in [5.41, 5.74) is 1.57. The first kappa shape index (κ1) is 15.6. The van der Waals surface area contributed by atoms with E-state index in [-0.39, 0.29) is 5.92 Å². The van der Waals surface area contributed by atoms with Gasteiger partial charge in [-0.05, 0) is 28.8 Å². The van der Waals surface area contributed by atoms with Gasteiger partial charge in [-0.2, -0.15) is 0 Å². The van der Waals surface area contributed by atoms with E-state index < -0.39 is 0 Å². The molecule has 21 heavy (non-hydrogen) atoms. The summed E-state index contributed by atoms with van der Waals surface area (Å²) in [6.45, 7) is 6.98. The van der Waals surface area contributed by atoms with Crippen molar-refractivity contribution in [3.05, 3.63) is 22.6 Å². The smallest absolute Gasteiger partial charge is 0.216 e. The fourth-order valence-electron chi connectivity index (χ4n) is 1.82. The minimum Gasteiger partial charge on any atom is -0.481 e. The topological polar surface area (TPSA) is 72.8 Å². The van der Waals surface area contributed by atoms with Gasteiger partial charge in [-0.1, -0.05) is 13.8 Å². The molecule has 2 rings (SSSR count). The van der Waals surface area contributed by atoms with Crippen LogP contribution in [0.2, 0.25) is 0 Å². The summed E-state index contributed by atoms with van der Waals surface area (Å²) < 4.78 is 6.02. The standard InChI is InChI=1S/C14H18BrN5O/c1-5-16-14-11(15)12(8(2)3)19-13(20-14)9-6-10(21-4)18-7-17-9/h6-8H,5H2,1-4H3,(H,16,19,20). The lowest BCUT2D eigenvalue weighted by Crippen LogP contribution is -2.07. The molecule has 0 aromatic carbocycles. The predicted molar refractivity (Wildman–Crippen MR) is 85.6 cm³/mol. The largest absolute Gasteiger partial charge is 0.481 e. The Morgan fingerprint density at radius 3 is 2.67 bits per heavy atom. The monoisotopic (exact) mass is 351 g/mol. The van der Waals surface area contributed by atoms with Gasteiger partial charge in [-0.25, -0.2) is 19.9 Å². The molecule has 2 aromatic rings. The molecule has 0 aliphatic carbocycles. The van der Waals surface area contributed by atoms with E-state index in [0.29, 0.717) is 17.4 Å². The van der Waals surface area contributed by atoms with E-state index in [1.54, 1.807) is 13.2 Å². The number of hydrogen-bond donors (Lipinski definition) is 1. The van der Waals surface area contributed by atoms with Crippen molar-refractivity contribution in [1.82, 2.24) is 19.9 Å². The van der Waals surface area contributed by atoms with Crippen LogP contribution in [0, 0.1) is 0 Å². The summed E-state index contributed by atoms with van der Waals surface area (Å²) in [4.78, 5) is 17.4. The summed E-state index contributed by atoms with van der Waals surface area (Å²) in [5.74, 6) is 2.08. The molecule has 6 nitrogen and oxygen atoms in total. The number of nitrogens with one attached hydrogen (secondary N) is 1. The normalized spacial score (nSPS) is 10.8. The highest BCUT2D eigenvalue weighted by Crippen LogP contribution is 2.31. The molecule has 7 heteroatoms. The molecule has 0 fully saturated rings. The maximum atomic E-state index is 5.12. The van der Waals surface area contributed by atoms with Crippen LogP contribution in [0.25, 0.3) is 11.5 Å². The van der Waals surface area contributed by atoms with Crippen molar-refractivity contribution in [3.8, 4) is 17.4 Å². The minimum atomic E-state index is 0.266. The molecule has 2 heterocycles. The first-order valence-electron chi connectivity index (χ1n) is 6.74. The molecule has 0 spiro atoms. The summed E-state index contributed by atoms with van der Waals surface area (Å²) >= 11 is 3.57. The van der Waals surface area contributed by atoms with Gasteiger partial charge < -0.3 is 10.1 Å². The van der Waals surface area contributed by atoms with Crippen LogP contribution in [0.4, 0.5) is 5.82 Å². The highest BCUT2D eigenvalue weighted by molar-refractivity contribution is 9.10. The Balaban J connectivity index is 2.56. The average Bonchev–Trinajstić information content (AvgIpc) is 2.49. The van der Waals surface area contributed by atoms with Crippen LogP contribution in [0.15, 0.2) is 16.9 Å². The van der Waals surface area contributed by atoms with Crippen molar-refractivity contribution < 1.29 is 4.74 Å². The summed E-state index contributed by atoms with van der Waals surface area (Å²) in [5, 5.41) is 3.24. The molecule has 0 bridgehead atoms. The second-order valence-electron chi connectivity index (χ2n) is 4.73. The molecule has 0 saturated carbocycles. The third-order valence-electron chi connectivity index (χ3n) is 2.85. The minimum absolute atomic E-state index is 0.266. The highest BCUT2D eigenvalue weighted by atomic mass is 79.9. The van der Waals surface area contributed by atoms with Crippen molar-refractivity contribution in [2.75, 3.05) is 19.0 Å². The lowest BCUT2D eigenvalue weighted by molar-refractivity contribution is 0.397. The number of rotatable bonds is 5. The lowest BCUT2D eigenvalue weighted by Gasteiger charge is -2.14. The van der Waals surface area contributed by atoms with Gasteiger partial charge in [0.1, 0.15) is 17.8 Å². The summed E-state index contributed by atoms with van der Waals surface area (Å²) in [7, 11) is 1.57. The van der Waals surface area contributed by atoms with Crippen molar-refractivity contribution in [3.63, 3.8) is 0 Å². The van der Waals surface area contributed by atoms with E-state index in [9.17, 15) is 0 Å². The quantitative estimate of drug-likeness (QED) is 0.891. The van der Waals surface area contributed by atoms with Gasteiger partial charge >= 0.3 is 0 Å². The van der Waals surface area contributed by atoms with Crippen molar-refractivity contribution in [2.24, 2.45) is 0 Å². The van der Waals surface area contributed by atoms with Crippen molar-refractivity contribution in [2.45, 2.75) is 26.7 Å². The Bertz CT molecular complexity index is 633. The van der Waals surface area contributed by atoms with Crippen molar-refractivity contribution >= 4 is 21.7 Å². The van der Waals surface area contributed by atoms with Crippen LogP contribution >= 0.6 is 15.9 Å². The Hall–Kier alpha value is -1.76. The Labute approximate surface area is 132 Å². The molecular formula is C14H18BrN5O. The van der Waals surface area contributed by atoms with E-state index in [2.05, 4.69) is 55.0 Å². The van der Waals surface area contributed by atoms with Gasteiger partial charge in [-0.15, -0.1) is 0 Å². The third kappa shape index (κ3) is 3.47. The number of methoxy groups -OCH3 is 1. The molecule has 0 saturated heterocycles. The van der Waals surface area contributed by atoms with Gasteiger partial charge in [0.15, 0.2) is 5.82 Å². The predicted octanol–water partition coefficient (Wildman–Crippen LogP) is 3.26. The van der Waals surface area contributed by atoms with Crippen molar-refractivity contribution in [1.29, 1.82) is 0 Å². The van der Waals surface area contributed by atoms with E-state index in [0.717, 1.165) is 22.5 Å². The summed E-state index contributed by atoms with van der Waals surface area (Å²) in [6.07, 6.45) is 1.45. The van der Waals surface area contributed by atoms with Gasteiger partial charge in [0.25, 0.3) is 0 Å². The van der Waals surface area contributed by atoms with Gasteiger partial charge in [0.2, 0.25) is 5.88 Å². The zero-order valence-corrected chi connectivity index (χ0v) is 14.1. The van der Waals surface area contributed by atoms with E-state index >= 15 is 0 Å². The molecule has 0 unspecified atom stereocenters. The molecule has 0 atom stereocenters. The van der Waals surface area contributed by atoms with Gasteiger partial charge in [0, 0.05) is 12.6 Å². The van der Waals surface area contributed by atoms with E-state index in [4.69, 9.17) is 4.74 Å². The molecule has 2 aromatic heterocycles. The average molecular weight is 352 g/mol. The fourth-order valence-corrected chi connectivity index (χ4v) is 2.59. The molecule has 0 aliphatic heterocycles. The van der Waals surface area contributed by atoms with Crippen LogP contribution in [-0.2, 0) is 0 Å². The molecule has 1 N–H and O–H groups in total. The van der Waals surface area contributed by atoms with E-state index in [1.807, 2.05) is 6.92 Å². The second kappa shape index (κ2) is 6.80.